The molecule has 2 rings (SSSR count). The first-order valence-electron chi connectivity index (χ1n) is 8.07. The SMILES string of the molecule is Cc1cc(C(=O)NC(c2noc(=O)[nH]2)C(C)(C)C)c(C)n1C(C)C. The number of hydrogen-bond acceptors (Lipinski definition) is 4. The van der Waals surface area contributed by atoms with Crippen molar-refractivity contribution in [2.75, 3.05) is 0 Å². The van der Waals surface area contributed by atoms with E-state index >= 15 is 0 Å². The van der Waals surface area contributed by atoms with Gasteiger partial charge < -0.3 is 9.88 Å². The molecule has 2 aromatic rings. The molecule has 132 valence electrons. The predicted octanol–water partition coefficient (Wildman–Crippen LogP) is 2.88. The molecule has 0 fully saturated rings. The average molecular weight is 334 g/mol. The van der Waals surface area contributed by atoms with Crippen LogP contribution in [0.3, 0.4) is 0 Å². The maximum absolute atomic E-state index is 12.8. The molecule has 0 saturated heterocycles. The Bertz CT molecular complexity index is 790. The zero-order valence-electron chi connectivity index (χ0n) is 15.4. The van der Waals surface area contributed by atoms with Crippen LogP contribution in [0.15, 0.2) is 15.4 Å². The van der Waals surface area contributed by atoms with Crippen molar-refractivity contribution in [2.24, 2.45) is 5.41 Å². The number of carbonyl (C=O) groups excluding carboxylic acids is 1. The van der Waals surface area contributed by atoms with Gasteiger partial charge in [-0.05, 0) is 39.2 Å². The van der Waals surface area contributed by atoms with E-state index in [1.54, 1.807) is 0 Å². The number of aromatic amines is 1. The van der Waals surface area contributed by atoms with Crippen LogP contribution in [0.2, 0.25) is 0 Å². The van der Waals surface area contributed by atoms with Gasteiger partial charge in [0.15, 0.2) is 5.82 Å². The topological polar surface area (TPSA) is 92.9 Å². The van der Waals surface area contributed by atoms with E-state index in [0.717, 1.165) is 11.4 Å². The molecule has 24 heavy (non-hydrogen) atoms. The summed E-state index contributed by atoms with van der Waals surface area (Å²) in [6.45, 7) is 14.0. The summed E-state index contributed by atoms with van der Waals surface area (Å²) in [6, 6.07) is 1.69. The minimum Gasteiger partial charge on any atom is -0.346 e. The highest BCUT2D eigenvalue weighted by atomic mass is 16.5. The zero-order chi connectivity index (χ0) is 18.2. The summed E-state index contributed by atoms with van der Waals surface area (Å²) >= 11 is 0. The number of H-pyrrole nitrogens is 1. The number of nitrogens with zero attached hydrogens (tertiary/aromatic N) is 2. The molecule has 2 heterocycles. The summed E-state index contributed by atoms with van der Waals surface area (Å²) in [4.78, 5) is 26.6. The van der Waals surface area contributed by atoms with Gasteiger partial charge in [0.05, 0.1) is 11.6 Å². The van der Waals surface area contributed by atoms with E-state index in [2.05, 4.69) is 38.4 Å². The zero-order valence-corrected chi connectivity index (χ0v) is 15.4. The van der Waals surface area contributed by atoms with Crippen molar-refractivity contribution in [2.45, 2.75) is 60.5 Å². The number of amides is 1. The van der Waals surface area contributed by atoms with Crippen molar-refractivity contribution < 1.29 is 9.32 Å². The molecule has 2 aromatic heterocycles. The standard InChI is InChI=1S/C17H26N4O3/c1-9(2)21-10(3)8-12(11(21)4)15(22)18-13(17(5,6)7)14-19-16(23)24-20-14/h8-9,13H,1-7H3,(H,18,22)(H,19,20,23). The van der Waals surface area contributed by atoms with E-state index in [4.69, 9.17) is 0 Å². The molecule has 0 aliphatic heterocycles. The molecule has 0 aliphatic rings. The van der Waals surface area contributed by atoms with Crippen LogP contribution in [0.25, 0.3) is 0 Å². The molecule has 1 unspecified atom stereocenters. The molecular formula is C17H26N4O3. The van der Waals surface area contributed by atoms with Gasteiger partial charge in [0.25, 0.3) is 5.91 Å². The van der Waals surface area contributed by atoms with Crippen LogP contribution in [0.4, 0.5) is 0 Å². The quantitative estimate of drug-likeness (QED) is 0.899. The van der Waals surface area contributed by atoms with Crippen LogP contribution < -0.4 is 11.1 Å². The molecule has 7 heteroatoms. The van der Waals surface area contributed by atoms with E-state index in [1.165, 1.54) is 0 Å². The highest BCUT2D eigenvalue weighted by molar-refractivity contribution is 5.96. The molecule has 1 atom stereocenters. The third-order valence-electron chi connectivity index (χ3n) is 4.12. The van der Waals surface area contributed by atoms with Gasteiger partial charge in [-0.3, -0.25) is 14.3 Å². The summed E-state index contributed by atoms with van der Waals surface area (Å²) in [6.07, 6.45) is 0. The van der Waals surface area contributed by atoms with Crippen molar-refractivity contribution >= 4 is 5.91 Å². The van der Waals surface area contributed by atoms with Crippen molar-refractivity contribution in [3.05, 3.63) is 39.4 Å². The van der Waals surface area contributed by atoms with Crippen molar-refractivity contribution in [3.8, 4) is 0 Å². The fraction of sp³-hybridized carbons (Fsp3) is 0.588. The van der Waals surface area contributed by atoms with Gasteiger partial charge in [0.1, 0.15) is 0 Å². The molecule has 1 amide bonds. The summed E-state index contributed by atoms with van der Waals surface area (Å²) in [5, 5.41) is 6.72. The van der Waals surface area contributed by atoms with Gasteiger partial charge >= 0.3 is 5.76 Å². The summed E-state index contributed by atoms with van der Waals surface area (Å²) < 4.78 is 6.71. The lowest BCUT2D eigenvalue weighted by Crippen LogP contribution is -2.37. The number of aromatic nitrogens is 3. The first-order chi connectivity index (χ1) is 11.0. The van der Waals surface area contributed by atoms with Crippen molar-refractivity contribution in [1.29, 1.82) is 0 Å². The third-order valence-corrected chi connectivity index (χ3v) is 4.12. The minimum atomic E-state index is -0.633. The number of aryl methyl sites for hydroxylation is 1. The van der Waals surface area contributed by atoms with Crippen molar-refractivity contribution in [1.82, 2.24) is 20.0 Å². The molecule has 0 saturated carbocycles. The van der Waals surface area contributed by atoms with Crippen LogP contribution in [0.5, 0.6) is 0 Å². The van der Waals surface area contributed by atoms with Gasteiger partial charge in [-0.1, -0.05) is 25.9 Å². The highest BCUT2D eigenvalue weighted by Crippen LogP contribution is 2.31. The monoisotopic (exact) mass is 334 g/mol. The Balaban J connectivity index is 2.36. The Morgan fingerprint density at radius 2 is 1.96 bits per heavy atom. The maximum atomic E-state index is 12.8. The van der Waals surface area contributed by atoms with Crippen LogP contribution in [0.1, 0.15) is 74.3 Å². The van der Waals surface area contributed by atoms with Crippen LogP contribution in [-0.2, 0) is 0 Å². The summed E-state index contributed by atoms with van der Waals surface area (Å²) in [7, 11) is 0. The van der Waals surface area contributed by atoms with Gasteiger partial charge in [0.2, 0.25) is 0 Å². The molecule has 0 radical (unpaired) electrons. The van der Waals surface area contributed by atoms with Crippen LogP contribution in [0, 0.1) is 19.3 Å². The maximum Gasteiger partial charge on any atom is 0.438 e. The molecule has 0 bridgehead atoms. The van der Waals surface area contributed by atoms with Crippen LogP contribution >= 0.6 is 0 Å². The molecule has 0 aromatic carbocycles. The number of carbonyl (C=O) groups is 1. The van der Waals surface area contributed by atoms with E-state index in [9.17, 15) is 9.59 Å². The lowest BCUT2D eigenvalue weighted by atomic mass is 9.86. The molecular weight excluding hydrogens is 308 g/mol. The van der Waals surface area contributed by atoms with E-state index in [1.807, 2.05) is 40.7 Å². The normalized spacial score (nSPS) is 13.3. The number of nitrogens with one attached hydrogen (secondary N) is 2. The molecule has 0 aliphatic carbocycles. The largest absolute Gasteiger partial charge is 0.438 e. The number of hydrogen-bond donors (Lipinski definition) is 2. The first kappa shape index (κ1) is 18.0. The minimum absolute atomic E-state index is 0.196. The van der Waals surface area contributed by atoms with Gasteiger partial charge in [-0.15, -0.1) is 0 Å². The summed E-state index contributed by atoms with van der Waals surface area (Å²) in [5.74, 6) is -0.510. The Hall–Kier alpha value is -2.31. The Labute approximate surface area is 141 Å². The van der Waals surface area contributed by atoms with E-state index < -0.39 is 11.8 Å². The average Bonchev–Trinajstić information content (AvgIpc) is 2.98. The molecule has 2 N–H and O–H groups in total. The molecule has 0 spiro atoms. The lowest BCUT2D eigenvalue weighted by Gasteiger charge is -2.29. The Kier molecular flexibility index (Phi) is 4.73. The molecule has 7 nitrogen and oxygen atoms in total. The second-order valence-corrected chi connectivity index (χ2v) is 7.50. The second kappa shape index (κ2) is 6.30. The Morgan fingerprint density at radius 1 is 1.33 bits per heavy atom. The van der Waals surface area contributed by atoms with E-state index in [-0.39, 0.29) is 17.4 Å². The second-order valence-electron chi connectivity index (χ2n) is 7.50. The van der Waals surface area contributed by atoms with E-state index in [0.29, 0.717) is 11.4 Å². The first-order valence-corrected chi connectivity index (χ1v) is 8.07. The van der Waals surface area contributed by atoms with Gasteiger partial charge in [-0.2, -0.15) is 0 Å². The highest BCUT2D eigenvalue weighted by Gasteiger charge is 2.32. The lowest BCUT2D eigenvalue weighted by molar-refractivity contribution is 0.0895. The van der Waals surface area contributed by atoms with Gasteiger partial charge in [0, 0.05) is 17.4 Å². The smallest absolute Gasteiger partial charge is 0.346 e. The predicted molar refractivity (Wildman–Crippen MR) is 91.1 cm³/mol. The Morgan fingerprint density at radius 3 is 2.38 bits per heavy atom. The third kappa shape index (κ3) is 3.44. The van der Waals surface area contributed by atoms with Crippen molar-refractivity contribution in [3.63, 3.8) is 0 Å². The summed E-state index contributed by atoms with van der Waals surface area (Å²) in [5.41, 5.74) is 2.23. The number of rotatable bonds is 4. The fourth-order valence-corrected chi connectivity index (χ4v) is 3.07. The van der Waals surface area contributed by atoms with Gasteiger partial charge in [-0.25, -0.2) is 4.79 Å². The fourth-order valence-electron chi connectivity index (χ4n) is 3.07. The van der Waals surface area contributed by atoms with Crippen LogP contribution in [-0.4, -0.2) is 20.6 Å².